The molecule has 2 aliphatic heterocycles. The normalized spacial score (nSPS) is 32.5. The van der Waals surface area contributed by atoms with Gasteiger partial charge in [-0.2, -0.15) is 0 Å². The fraction of sp³-hybridized carbons (Fsp3) is 1.00. The van der Waals surface area contributed by atoms with Crippen molar-refractivity contribution in [3.63, 3.8) is 0 Å². The van der Waals surface area contributed by atoms with Gasteiger partial charge in [-0.3, -0.25) is 4.90 Å². The van der Waals surface area contributed by atoms with Crippen LogP contribution in [0.25, 0.3) is 0 Å². The molecule has 0 aromatic carbocycles. The lowest BCUT2D eigenvalue weighted by molar-refractivity contribution is -0.0536. The molecule has 0 radical (unpaired) electrons. The van der Waals surface area contributed by atoms with Crippen LogP contribution < -0.4 is 5.73 Å². The molecule has 3 heteroatoms. The number of hydrogen-bond acceptors (Lipinski definition) is 3. The minimum atomic E-state index is 0.416. The number of nitrogens with two attached hydrogens (primary N) is 1. The van der Waals surface area contributed by atoms with Gasteiger partial charge in [0.05, 0.1) is 6.10 Å². The van der Waals surface area contributed by atoms with Gasteiger partial charge in [0.15, 0.2) is 0 Å². The molecule has 2 N–H and O–H groups in total. The van der Waals surface area contributed by atoms with Crippen LogP contribution in [0.5, 0.6) is 0 Å². The molecule has 0 amide bonds. The van der Waals surface area contributed by atoms with Gasteiger partial charge in [0.1, 0.15) is 0 Å². The summed E-state index contributed by atoms with van der Waals surface area (Å²) in [5.41, 5.74) is 5.79. The number of ether oxygens (including phenoxy) is 1. The zero-order chi connectivity index (χ0) is 9.10. The highest BCUT2D eigenvalue weighted by Crippen LogP contribution is 2.22. The summed E-state index contributed by atoms with van der Waals surface area (Å²) >= 11 is 0. The Morgan fingerprint density at radius 3 is 2.62 bits per heavy atom. The Labute approximate surface area is 80.2 Å². The van der Waals surface area contributed by atoms with Crippen molar-refractivity contribution in [1.29, 1.82) is 0 Å². The van der Waals surface area contributed by atoms with Gasteiger partial charge < -0.3 is 10.5 Å². The van der Waals surface area contributed by atoms with E-state index in [1.807, 2.05) is 0 Å². The topological polar surface area (TPSA) is 38.5 Å². The third-order valence-electron chi connectivity index (χ3n) is 3.25. The van der Waals surface area contributed by atoms with Gasteiger partial charge in [-0.05, 0) is 38.8 Å². The molecule has 2 heterocycles. The van der Waals surface area contributed by atoms with Crippen LogP contribution in [-0.2, 0) is 4.74 Å². The summed E-state index contributed by atoms with van der Waals surface area (Å²) in [6, 6.07) is 0.494. The van der Waals surface area contributed by atoms with Gasteiger partial charge in [0, 0.05) is 19.2 Å². The first kappa shape index (κ1) is 9.44. The molecular formula is C10H20N2O. The van der Waals surface area contributed by atoms with Gasteiger partial charge >= 0.3 is 0 Å². The van der Waals surface area contributed by atoms with Crippen LogP contribution in [-0.4, -0.2) is 43.3 Å². The molecule has 0 aromatic rings. The fourth-order valence-electron chi connectivity index (χ4n) is 2.28. The maximum absolute atomic E-state index is 5.79. The van der Waals surface area contributed by atoms with Crippen LogP contribution in [0.4, 0.5) is 0 Å². The molecule has 0 saturated carbocycles. The molecule has 0 aliphatic carbocycles. The summed E-state index contributed by atoms with van der Waals surface area (Å²) in [7, 11) is 0. The third kappa shape index (κ3) is 2.03. The molecule has 3 nitrogen and oxygen atoms in total. The minimum Gasteiger partial charge on any atom is -0.377 e. The summed E-state index contributed by atoms with van der Waals surface area (Å²) in [6.45, 7) is 4.14. The molecule has 2 rings (SSSR count). The molecule has 76 valence electrons. The average molecular weight is 184 g/mol. The van der Waals surface area contributed by atoms with E-state index in [0.717, 1.165) is 13.2 Å². The molecule has 2 unspecified atom stereocenters. The summed E-state index contributed by atoms with van der Waals surface area (Å²) in [5.74, 6) is 0. The highest BCUT2D eigenvalue weighted by Gasteiger charge is 2.31. The van der Waals surface area contributed by atoms with Crippen molar-refractivity contribution < 1.29 is 4.74 Å². The van der Waals surface area contributed by atoms with Gasteiger partial charge in [0.25, 0.3) is 0 Å². The van der Waals surface area contributed by atoms with E-state index in [1.54, 1.807) is 0 Å². The lowest BCUT2D eigenvalue weighted by Gasteiger charge is -2.42. The van der Waals surface area contributed by atoms with E-state index in [-0.39, 0.29) is 0 Å². The highest BCUT2D eigenvalue weighted by molar-refractivity contribution is 4.86. The smallest absolute Gasteiger partial charge is 0.0742 e. The molecule has 2 atom stereocenters. The van der Waals surface area contributed by atoms with Crippen molar-refractivity contribution in [2.24, 2.45) is 5.73 Å². The van der Waals surface area contributed by atoms with Crippen LogP contribution in [0.15, 0.2) is 0 Å². The number of nitrogens with zero attached hydrogens (tertiary/aromatic N) is 1. The zero-order valence-electron chi connectivity index (χ0n) is 8.24. The Kier molecular flexibility index (Phi) is 3.19. The van der Waals surface area contributed by atoms with Gasteiger partial charge in [-0.25, -0.2) is 0 Å². The predicted octanol–water partition coefficient (Wildman–Crippen LogP) is 0.588. The van der Waals surface area contributed by atoms with E-state index in [4.69, 9.17) is 10.5 Å². The van der Waals surface area contributed by atoms with Gasteiger partial charge in [-0.1, -0.05) is 0 Å². The first-order chi connectivity index (χ1) is 6.42. The Morgan fingerprint density at radius 2 is 2.15 bits per heavy atom. The minimum absolute atomic E-state index is 0.416. The first-order valence-electron chi connectivity index (χ1n) is 5.47. The molecule has 0 spiro atoms. The van der Waals surface area contributed by atoms with E-state index >= 15 is 0 Å². The lowest BCUT2D eigenvalue weighted by Crippen LogP contribution is -2.55. The molecule has 0 aromatic heterocycles. The number of hydrogen-bond donors (Lipinski definition) is 1. The molecule has 13 heavy (non-hydrogen) atoms. The van der Waals surface area contributed by atoms with Gasteiger partial charge in [0.2, 0.25) is 0 Å². The standard InChI is InChI=1S/C10H20N2O/c11-8-9(12-5-3-6-12)10-4-1-2-7-13-10/h9-10H,1-8,11H2. The predicted molar refractivity (Wildman–Crippen MR) is 52.6 cm³/mol. The van der Waals surface area contributed by atoms with E-state index in [2.05, 4.69) is 4.90 Å². The van der Waals surface area contributed by atoms with E-state index in [1.165, 1.54) is 38.8 Å². The van der Waals surface area contributed by atoms with Crippen molar-refractivity contribution in [3.05, 3.63) is 0 Å². The van der Waals surface area contributed by atoms with Crippen molar-refractivity contribution in [2.75, 3.05) is 26.2 Å². The van der Waals surface area contributed by atoms with Crippen molar-refractivity contribution in [2.45, 2.75) is 37.8 Å². The molecule has 2 aliphatic rings. The maximum Gasteiger partial charge on any atom is 0.0742 e. The van der Waals surface area contributed by atoms with Crippen LogP contribution >= 0.6 is 0 Å². The lowest BCUT2D eigenvalue weighted by atomic mass is 9.98. The van der Waals surface area contributed by atoms with Crippen LogP contribution in [0.3, 0.4) is 0 Å². The molecule has 2 saturated heterocycles. The number of likely N-dealkylation sites (tertiary alicyclic amines) is 1. The highest BCUT2D eigenvalue weighted by atomic mass is 16.5. The second kappa shape index (κ2) is 4.40. The number of rotatable bonds is 3. The quantitative estimate of drug-likeness (QED) is 0.697. The van der Waals surface area contributed by atoms with Crippen molar-refractivity contribution in [3.8, 4) is 0 Å². The summed E-state index contributed by atoms with van der Waals surface area (Å²) in [6.07, 6.45) is 5.50. The molecular weight excluding hydrogens is 164 g/mol. The van der Waals surface area contributed by atoms with Crippen LogP contribution in [0, 0.1) is 0 Å². The Hall–Kier alpha value is -0.120. The second-order valence-electron chi connectivity index (χ2n) is 4.10. The summed E-state index contributed by atoms with van der Waals surface area (Å²) < 4.78 is 5.77. The van der Waals surface area contributed by atoms with Crippen LogP contribution in [0.2, 0.25) is 0 Å². The maximum atomic E-state index is 5.79. The zero-order valence-corrected chi connectivity index (χ0v) is 8.24. The van der Waals surface area contributed by atoms with Gasteiger partial charge in [-0.15, -0.1) is 0 Å². The average Bonchev–Trinajstić information content (AvgIpc) is 2.12. The summed E-state index contributed by atoms with van der Waals surface area (Å²) in [5, 5.41) is 0. The van der Waals surface area contributed by atoms with E-state index < -0.39 is 0 Å². The summed E-state index contributed by atoms with van der Waals surface area (Å²) in [4.78, 5) is 2.47. The van der Waals surface area contributed by atoms with E-state index in [0.29, 0.717) is 12.1 Å². The molecule has 2 fully saturated rings. The van der Waals surface area contributed by atoms with Crippen LogP contribution in [0.1, 0.15) is 25.7 Å². The second-order valence-corrected chi connectivity index (χ2v) is 4.10. The first-order valence-corrected chi connectivity index (χ1v) is 5.47. The Balaban J connectivity index is 1.86. The SMILES string of the molecule is NCC(C1CCCCO1)N1CCC1. The van der Waals surface area contributed by atoms with E-state index in [9.17, 15) is 0 Å². The van der Waals surface area contributed by atoms with Crippen molar-refractivity contribution in [1.82, 2.24) is 4.90 Å². The van der Waals surface area contributed by atoms with Crippen molar-refractivity contribution >= 4 is 0 Å². The Morgan fingerprint density at radius 1 is 1.31 bits per heavy atom. The third-order valence-corrected chi connectivity index (χ3v) is 3.25. The molecule has 0 bridgehead atoms. The largest absolute Gasteiger partial charge is 0.377 e. The fourth-order valence-corrected chi connectivity index (χ4v) is 2.28. The Bertz CT molecular complexity index is 153. The monoisotopic (exact) mass is 184 g/mol.